The average molecular weight is 565 g/mol. The zero-order valence-electron chi connectivity index (χ0n) is 22.6. The molecule has 1 unspecified atom stereocenters. The van der Waals surface area contributed by atoms with Crippen LogP contribution in [0.1, 0.15) is 36.3 Å². The summed E-state index contributed by atoms with van der Waals surface area (Å²) in [5.74, 6) is -2.14. The summed E-state index contributed by atoms with van der Waals surface area (Å²) < 4.78 is 34.1. The van der Waals surface area contributed by atoms with Crippen LogP contribution in [-0.4, -0.2) is 82.5 Å². The summed E-state index contributed by atoms with van der Waals surface area (Å²) in [6, 6.07) is 16.5. The van der Waals surface area contributed by atoms with Crippen molar-refractivity contribution >= 4 is 11.6 Å². The molecule has 9 nitrogen and oxygen atoms in total. The highest BCUT2D eigenvalue weighted by Crippen LogP contribution is 2.33. The van der Waals surface area contributed by atoms with E-state index in [0.717, 1.165) is 31.6 Å². The molecule has 0 spiro atoms. The van der Waals surface area contributed by atoms with Crippen LogP contribution >= 0.6 is 0 Å². The Morgan fingerprint density at radius 3 is 2.66 bits per heavy atom. The molecule has 0 saturated carbocycles. The number of likely N-dealkylation sites (tertiary alicyclic amines) is 1. The van der Waals surface area contributed by atoms with Gasteiger partial charge >= 0.3 is 0 Å². The summed E-state index contributed by atoms with van der Waals surface area (Å²) in [5.41, 5.74) is 3.41. The quantitative estimate of drug-likeness (QED) is 0.308. The summed E-state index contributed by atoms with van der Waals surface area (Å²) in [7, 11) is 0. The molecular formula is C30H34F2N6O3. The van der Waals surface area contributed by atoms with Crippen molar-refractivity contribution < 1.29 is 23.7 Å². The number of halogens is 2. The zero-order valence-corrected chi connectivity index (χ0v) is 22.6. The molecule has 5 rings (SSSR count). The SMILES string of the molecule is N#Cc1cc(-c2ccnc(Nc3cccc(C4CCN(C(CO)CO)CC4)c3)n2)ccc1OC1CCNCC1(F)F. The molecule has 0 bridgehead atoms. The van der Waals surface area contributed by atoms with Crippen LogP contribution in [0, 0.1) is 11.3 Å². The number of hydrogen-bond acceptors (Lipinski definition) is 9. The second-order valence-electron chi connectivity index (χ2n) is 10.5. The van der Waals surface area contributed by atoms with Crippen molar-refractivity contribution in [3.8, 4) is 23.1 Å². The molecule has 2 aromatic carbocycles. The number of nitrogens with zero attached hydrogens (tertiary/aromatic N) is 4. The monoisotopic (exact) mass is 564 g/mol. The minimum Gasteiger partial charge on any atom is -0.483 e. The molecule has 3 heterocycles. The number of benzene rings is 2. The summed E-state index contributed by atoms with van der Waals surface area (Å²) in [4.78, 5) is 11.1. The maximum Gasteiger partial charge on any atom is 0.296 e. The minimum absolute atomic E-state index is 0.0489. The number of ether oxygens (including phenoxy) is 1. The Balaban J connectivity index is 1.27. The Morgan fingerprint density at radius 1 is 1.12 bits per heavy atom. The third-order valence-electron chi connectivity index (χ3n) is 7.82. The van der Waals surface area contributed by atoms with Crippen molar-refractivity contribution in [1.82, 2.24) is 20.2 Å². The number of nitrogens with one attached hydrogen (secondary N) is 2. The second kappa shape index (κ2) is 12.9. The number of aliphatic hydroxyl groups is 2. The molecule has 4 N–H and O–H groups in total. The lowest BCUT2D eigenvalue weighted by molar-refractivity contribution is -0.109. The number of hydrogen-bond donors (Lipinski definition) is 4. The first-order valence-electron chi connectivity index (χ1n) is 13.9. The van der Waals surface area contributed by atoms with Gasteiger partial charge in [0.05, 0.1) is 37.1 Å². The third kappa shape index (κ3) is 6.80. The number of anilines is 2. The Kier molecular flexibility index (Phi) is 9.05. The maximum atomic E-state index is 14.2. The highest BCUT2D eigenvalue weighted by Gasteiger charge is 2.43. The number of rotatable bonds is 9. The van der Waals surface area contributed by atoms with E-state index in [1.54, 1.807) is 30.5 Å². The van der Waals surface area contributed by atoms with E-state index < -0.39 is 18.6 Å². The summed E-state index contributed by atoms with van der Waals surface area (Å²) in [6.45, 7) is 1.50. The van der Waals surface area contributed by atoms with Crippen molar-refractivity contribution in [3.05, 3.63) is 65.9 Å². The van der Waals surface area contributed by atoms with Crippen molar-refractivity contribution in [3.63, 3.8) is 0 Å². The van der Waals surface area contributed by atoms with E-state index in [9.17, 15) is 24.3 Å². The average Bonchev–Trinajstić information content (AvgIpc) is 2.99. The van der Waals surface area contributed by atoms with Crippen LogP contribution in [0.15, 0.2) is 54.7 Å². The molecule has 0 amide bonds. The van der Waals surface area contributed by atoms with E-state index >= 15 is 0 Å². The predicted molar refractivity (Wildman–Crippen MR) is 150 cm³/mol. The largest absolute Gasteiger partial charge is 0.483 e. The maximum absolute atomic E-state index is 14.2. The fourth-order valence-electron chi connectivity index (χ4n) is 5.46. The second-order valence-corrected chi connectivity index (χ2v) is 10.5. The Labute approximate surface area is 237 Å². The van der Waals surface area contributed by atoms with Crippen LogP contribution < -0.4 is 15.4 Å². The highest BCUT2D eigenvalue weighted by molar-refractivity contribution is 5.66. The lowest BCUT2D eigenvalue weighted by atomic mass is 9.88. The lowest BCUT2D eigenvalue weighted by Crippen LogP contribution is -2.52. The number of piperidine rings is 2. The predicted octanol–water partition coefficient (Wildman–Crippen LogP) is 3.67. The molecule has 2 fully saturated rings. The minimum atomic E-state index is -3.02. The normalized spacial score (nSPS) is 19.6. The molecule has 1 aromatic heterocycles. The van der Waals surface area contributed by atoms with Gasteiger partial charge in [0, 0.05) is 23.9 Å². The van der Waals surface area contributed by atoms with Gasteiger partial charge in [0.15, 0.2) is 6.10 Å². The first-order valence-corrected chi connectivity index (χ1v) is 13.9. The van der Waals surface area contributed by atoms with Crippen LogP contribution in [0.3, 0.4) is 0 Å². The van der Waals surface area contributed by atoms with Gasteiger partial charge in [0.25, 0.3) is 5.92 Å². The van der Waals surface area contributed by atoms with Crippen LogP contribution in [0.4, 0.5) is 20.4 Å². The van der Waals surface area contributed by atoms with E-state index in [1.165, 1.54) is 5.56 Å². The molecule has 3 aromatic rings. The van der Waals surface area contributed by atoms with Gasteiger partial charge in [-0.3, -0.25) is 4.90 Å². The molecule has 0 radical (unpaired) electrons. The highest BCUT2D eigenvalue weighted by atomic mass is 19.3. The van der Waals surface area contributed by atoms with Crippen molar-refractivity contribution in [2.45, 2.75) is 43.2 Å². The van der Waals surface area contributed by atoms with Gasteiger partial charge in [-0.1, -0.05) is 12.1 Å². The molecule has 2 aliphatic heterocycles. The van der Waals surface area contributed by atoms with Gasteiger partial charge in [-0.2, -0.15) is 5.26 Å². The Bertz CT molecular complexity index is 1370. The Hall–Kier alpha value is -3.69. The lowest BCUT2D eigenvalue weighted by Gasteiger charge is -2.36. The van der Waals surface area contributed by atoms with Crippen molar-refractivity contribution in [2.24, 2.45) is 0 Å². The molecule has 11 heteroatoms. The van der Waals surface area contributed by atoms with Gasteiger partial charge in [-0.25, -0.2) is 18.7 Å². The first-order chi connectivity index (χ1) is 19.9. The molecule has 2 aliphatic rings. The summed E-state index contributed by atoms with van der Waals surface area (Å²) >= 11 is 0. The fraction of sp³-hybridized carbons (Fsp3) is 0.433. The fourth-order valence-corrected chi connectivity index (χ4v) is 5.46. The van der Waals surface area contributed by atoms with E-state index in [4.69, 9.17) is 4.74 Å². The number of aromatic nitrogens is 2. The van der Waals surface area contributed by atoms with E-state index in [2.05, 4.69) is 43.7 Å². The third-order valence-corrected chi connectivity index (χ3v) is 7.82. The van der Waals surface area contributed by atoms with E-state index in [-0.39, 0.29) is 37.0 Å². The van der Waals surface area contributed by atoms with Gasteiger partial charge < -0.3 is 25.6 Å². The molecule has 0 aliphatic carbocycles. The van der Waals surface area contributed by atoms with Crippen LogP contribution in [0.5, 0.6) is 5.75 Å². The Morgan fingerprint density at radius 2 is 1.93 bits per heavy atom. The van der Waals surface area contributed by atoms with Crippen molar-refractivity contribution in [1.29, 1.82) is 5.26 Å². The van der Waals surface area contributed by atoms with E-state index in [1.807, 2.05) is 12.1 Å². The number of nitriles is 1. The molecule has 2 saturated heterocycles. The standard InChI is InChI=1S/C30H34F2N6O3/c31-30(32)19-34-10-7-28(30)41-27-5-4-22(14-23(27)16-33)26-6-11-35-29(37-26)36-24-3-1-2-21(15-24)20-8-12-38(13-9-20)25(17-39)18-40/h1-6,11,14-15,20,25,28,34,39-40H,7-10,12-13,17-19H2,(H,35,36,37). The number of alkyl halides is 2. The molecule has 1 atom stereocenters. The molecular weight excluding hydrogens is 530 g/mol. The molecule has 216 valence electrons. The zero-order chi connectivity index (χ0) is 28.8. The first kappa shape index (κ1) is 28.8. The van der Waals surface area contributed by atoms with E-state index in [0.29, 0.717) is 29.7 Å². The van der Waals surface area contributed by atoms with Gasteiger partial charge in [0.1, 0.15) is 11.8 Å². The molecule has 41 heavy (non-hydrogen) atoms. The summed E-state index contributed by atoms with van der Waals surface area (Å²) in [6.07, 6.45) is 2.34. The number of aliphatic hydroxyl groups excluding tert-OH is 2. The van der Waals surface area contributed by atoms with Gasteiger partial charge in [-0.15, -0.1) is 0 Å². The van der Waals surface area contributed by atoms with Crippen LogP contribution in [0.25, 0.3) is 11.3 Å². The summed E-state index contributed by atoms with van der Waals surface area (Å²) in [5, 5.41) is 34.6. The van der Waals surface area contributed by atoms with Gasteiger partial charge in [-0.05, 0) is 80.4 Å². The van der Waals surface area contributed by atoms with Crippen LogP contribution in [-0.2, 0) is 0 Å². The van der Waals surface area contributed by atoms with Gasteiger partial charge in [0.2, 0.25) is 5.95 Å². The topological polar surface area (TPSA) is 127 Å². The van der Waals surface area contributed by atoms with Crippen LogP contribution in [0.2, 0.25) is 0 Å². The smallest absolute Gasteiger partial charge is 0.296 e. The van der Waals surface area contributed by atoms with Crippen molar-refractivity contribution in [2.75, 3.05) is 44.7 Å².